The van der Waals surface area contributed by atoms with Crippen molar-refractivity contribution in [1.29, 1.82) is 0 Å². The van der Waals surface area contributed by atoms with Crippen LogP contribution in [0.4, 0.5) is 0 Å². The number of carboxylic acid groups (broad SMARTS) is 2. The Hall–Kier alpha value is -1.10. The average Bonchev–Trinajstić information content (AvgIpc) is 2.63. The molecule has 5 heteroatoms. The Kier molecular flexibility index (Phi) is 1.82. The monoisotopic (exact) mass is 159 g/mol. The van der Waals surface area contributed by atoms with Crippen LogP contribution < -0.4 is 5.73 Å². The lowest BCUT2D eigenvalue weighted by molar-refractivity contribution is -0.140. The molecule has 0 aromatic carbocycles. The van der Waals surface area contributed by atoms with Crippen molar-refractivity contribution in [3.63, 3.8) is 0 Å². The van der Waals surface area contributed by atoms with E-state index in [-0.39, 0.29) is 5.92 Å². The molecule has 62 valence electrons. The number of rotatable bonds is 3. The predicted molar refractivity (Wildman–Crippen MR) is 34.8 cm³/mol. The Morgan fingerprint density at radius 3 is 2.27 bits per heavy atom. The van der Waals surface area contributed by atoms with Gasteiger partial charge in [0.05, 0.1) is 5.92 Å². The molecule has 1 aliphatic carbocycles. The molecule has 3 atom stereocenters. The lowest BCUT2D eigenvalue weighted by Crippen LogP contribution is -2.33. The quantitative estimate of drug-likeness (QED) is 0.496. The molecule has 1 aliphatic rings. The minimum atomic E-state index is -1.13. The standard InChI is InChI=1S/C6H9NO4/c7-4(6(10)11)2-1-3(2)5(8)9/h2-4H,1,7H2,(H,8,9)(H,10,11)/t2-,3+,4-/m1/s1. The fourth-order valence-corrected chi connectivity index (χ4v) is 1.08. The van der Waals surface area contributed by atoms with Gasteiger partial charge in [0.2, 0.25) is 0 Å². The highest BCUT2D eigenvalue weighted by Gasteiger charge is 2.49. The molecule has 5 nitrogen and oxygen atoms in total. The maximum absolute atomic E-state index is 10.3. The molecule has 0 bridgehead atoms. The van der Waals surface area contributed by atoms with Crippen LogP contribution in [-0.4, -0.2) is 28.2 Å². The van der Waals surface area contributed by atoms with Crippen LogP contribution in [0.1, 0.15) is 6.42 Å². The number of nitrogens with two attached hydrogens (primary N) is 1. The van der Waals surface area contributed by atoms with Gasteiger partial charge in [0, 0.05) is 0 Å². The van der Waals surface area contributed by atoms with Gasteiger partial charge in [-0.15, -0.1) is 0 Å². The van der Waals surface area contributed by atoms with Gasteiger partial charge < -0.3 is 15.9 Å². The average molecular weight is 159 g/mol. The van der Waals surface area contributed by atoms with E-state index in [2.05, 4.69) is 0 Å². The Bertz CT molecular complexity index is 203. The van der Waals surface area contributed by atoms with E-state index in [0.717, 1.165) is 0 Å². The van der Waals surface area contributed by atoms with Gasteiger partial charge in [-0.25, -0.2) is 0 Å². The highest BCUT2D eigenvalue weighted by Crippen LogP contribution is 2.40. The summed E-state index contributed by atoms with van der Waals surface area (Å²) in [5.74, 6) is -2.99. The van der Waals surface area contributed by atoms with Crippen LogP contribution >= 0.6 is 0 Å². The Labute approximate surface area is 62.8 Å². The third kappa shape index (κ3) is 1.48. The highest BCUT2D eigenvalue weighted by atomic mass is 16.4. The van der Waals surface area contributed by atoms with Gasteiger partial charge in [0.1, 0.15) is 6.04 Å². The summed E-state index contributed by atoms with van der Waals surface area (Å²) >= 11 is 0. The zero-order valence-corrected chi connectivity index (χ0v) is 5.73. The van der Waals surface area contributed by atoms with Gasteiger partial charge in [-0.2, -0.15) is 0 Å². The second-order valence-corrected chi connectivity index (χ2v) is 2.71. The summed E-state index contributed by atoms with van der Waals surface area (Å²) in [4.78, 5) is 20.5. The molecular weight excluding hydrogens is 150 g/mol. The molecule has 4 N–H and O–H groups in total. The van der Waals surface area contributed by atoms with E-state index in [1.807, 2.05) is 0 Å². The molecule has 0 aromatic heterocycles. The number of carbonyl (C=O) groups is 2. The Balaban J connectivity index is 2.43. The number of hydrogen-bond donors (Lipinski definition) is 3. The van der Waals surface area contributed by atoms with Gasteiger partial charge in [-0.05, 0) is 12.3 Å². The van der Waals surface area contributed by atoms with E-state index < -0.39 is 23.9 Å². The van der Waals surface area contributed by atoms with Crippen molar-refractivity contribution >= 4 is 11.9 Å². The first-order chi connectivity index (χ1) is 5.04. The number of aliphatic carboxylic acids is 2. The van der Waals surface area contributed by atoms with Crippen LogP contribution in [0, 0.1) is 11.8 Å². The number of hydrogen-bond acceptors (Lipinski definition) is 3. The van der Waals surface area contributed by atoms with Gasteiger partial charge >= 0.3 is 11.9 Å². The molecule has 0 aromatic rings. The van der Waals surface area contributed by atoms with Crippen molar-refractivity contribution in [2.24, 2.45) is 17.6 Å². The topological polar surface area (TPSA) is 101 Å². The van der Waals surface area contributed by atoms with E-state index >= 15 is 0 Å². The molecule has 1 rings (SSSR count). The largest absolute Gasteiger partial charge is 0.481 e. The predicted octanol–water partition coefficient (Wildman–Crippen LogP) is -0.881. The van der Waals surface area contributed by atoms with Gasteiger partial charge in [0.25, 0.3) is 0 Å². The van der Waals surface area contributed by atoms with E-state index in [0.29, 0.717) is 6.42 Å². The lowest BCUT2D eigenvalue weighted by atomic mass is 10.1. The molecule has 0 spiro atoms. The number of carboxylic acids is 2. The molecule has 0 saturated heterocycles. The first-order valence-corrected chi connectivity index (χ1v) is 3.25. The Morgan fingerprint density at radius 1 is 1.45 bits per heavy atom. The van der Waals surface area contributed by atoms with Crippen LogP contribution in [0.15, 0.2) is 0 Å². The maximum atomic E-state index is 10.3. The summed E-state index contributed by atoms with van der Waals surface area (Å²) in [5.41, 5.74) is 5.19. The van der Waals surface area contributed by atoms with Gasteiger partial charge in [-0.1, -0.05) is 0 Å². The molecule has 0 amide bonds. The zero-order chi connectivity index (χ0) is 8.59. The van der Waals surface area contributed by atoms with E-state index in [1.165, 1.54) is 0 Å². The molecule has 0 unspecified atom stereocenters. The SMILES string of the molecule is N[C@@H](C(=O)O)[C@@H]1C[C@@H]1C(=O)O. The van der Waals surface area contributed by atoms with Crippen LogP contribution in [0.2, 0.25) is 0 Å². The van der Waals surface area contributed by atoms with Gasteiger partial charge in [-0.3, -0.25) is 9.59 Å². The van der Waals surface area contributed by atoms with Crippen molar-refractivity contribution in [3.05, 3.63) is 0 Å². The smallest absolute Gasteiger partial charge is 0.320 e. The zero-order valence-electron chi connectivity index (χ0n) is 5.73. The third-order valence-corrected chi connectivity index (χ3v) is 1.90. The maximum Gasteiger partial charge on any atom is 0.320 e. The van der Waals surface area contributed by atoms with Gasteiger partial charge in [0.15, 0.2) is 0 Å². The van der Waals surface area contributed by atoms with Crippen LogP contribution in [-0.2, 0) is 9.59 Å². The molecule has 1 saturated carbocycles. The van der Waals surface area contributed by atoms with Crippen LogP contribution in [0.3, 0.4) is 0 Å². The van der Waals surface area contributed by atoms with Crippen molar-refractivity contribution < 1.29 is 19.8 Å². The van der Waals surface area contributed by atoms with Crippen LogP contribution in [0.25, 0.3) is 0 Å². The van der Waals surface area contributed by atoms with E-state index in [9.17, 15) is 9.59 Å². The van der Waals surface area contributed by atoms with E-state index in [4.69, 9.17) is 15.9 Å². The molecule has 11 heavy (non-hydrogen) atoms. The lowest BCUT2D eigenvalue weighted by Gasteiger charge is -2.01. The fraction of sp³-hybridized carbons (Fsp3) is 0.667. The molecule has 1 fully saturated rings. The molecular formula is C6H9NO4. The minimum Gasteiger partial charge on any atom is -0.481 e. The fourth-order valence-electron chi connectivity index (χ4n) is 1.08. The minimum absolute atomic E-state index is 0.370. The molecule has 0 radical (unpaired) electrons. The third-order valence-electron chi connectivity index (χ3n) is 1.90. The van der Waals surface area contributed by atoms with Crippen molar-refractivity contribution in [1.82, 2.24) is 0 Å². The normalized spacial score (nSPS) is 31.0. The molecule has 0 aliphatic heterocycles. The highest BCUT2D eigenvalue weighted by molar-refractivity contribution is 5.79. The summed E-state index contributed by atoms with van der Waals surface area (Å²) in [6.07, 6.45) is 0.392. The molecule has 0 heterocycles. The van der Waals surface area contributed by atoms with Crippen molar-refractivity contribution in [2.75, 3.05) is 0 Å². The first kappa shape index (κ1) is 8.00. The van der Waals surface area contributed by atoms with Crippen LogP contribution in [0.5, 0.6) is 0 Å². The van der Waals surface area contributed by atoms with Crippen molar-refractivity contribution in [3.8, 4) is 0 Å². The summed E-state index contributed by atoms with van der Waals surface area (Å²) in [7, 11) is 0. The summed E-state index contributed by atoms with van der Waals surface area (Å²) in [5, 5.41) is 16.8. The first-order valence-electron chi connectivity index (χ1n) is 3.25. The van der Waals surface area contributed by atoms with Crippen molar-refractivity contribution in [2.45, 2.75) is 12.5 Å². The second-order valence-electron chi connectivity index (χ2n) is 2.71. The van der Waals surface area contributed by atoms with E-state index in [1.54, 1.807) is 0 Å². The summed E-state index contributed by atoms with van der Waals surface area (Å²) in [6.45, 7) is 0. The second kappa shape index (κ2) is 2.50. The summed E-state index contributed by atoms with van der Waals surface area (Å²) < 4.78 is 0. The Morgan fingerprint density at radius 2 is 2.00 bits per heavy atom. The summed E-state index contributed by atoms with van der Waals surface area (Å²) in [6, 6.07) is -1.02.